The highest BCUT2D eigenvalue weighted by Crippen LogP contribution is 2.61. The third kappa shape index (κ3) is 5.87. The number of aromatic hydroxyl groups is 1. The van der Waals surface area contributed by atoms with Crippen LogP contribution in [-0.4, -0.2) is 25.4 Å². The number of hydrogen-bond donors (Lipinski definition) is 2. The number of ether oxygens (including phenoxy) is 1. The highest BCUT2D eigenvalue weighted by Gasteiger charge is 2.38. The van der Waals surface area contributed by atoms with E-state index in [0.29, 0.717) is 5.56 Å². The van der Waals surface area contributed by atoms with Crippen LogP contribution in [0.25, 0.3) is 0 Å². The smallest absolute Gasteiger partial charge is 0.357 e. The van der Waals surface area contributed by atoms with Crippen molar-refractivity contribution >= 4 is 25.0 Å². The van der Waals surface area contributed by atoms with Crippen LogP contribution in [0, 0.1) is 0 Å². The van der Waals surface area contributed by atoms with Gasteiger partial charge in [-0.1, -0.05) is 48.2 Å². The zero-order valence-corrected chi connectivity index (χ0v) is 20.1. The van der Waals surface area contributed by atoms with Crippen molar-refractivity contribution in [1.82, 2.24) is 0 Å². The molecule has 0 aliphatic heterocycles. The Bertz CT molecular complexity index is 1050. The van der Waals surface area contributed by atoms with Crippen LogP contribution in [0.2, 0.25) is 0 Å². The summed E-state index contributed by atoms with van der Waals surface area (Å²) in [6.45, 7) is 4.01. The second-order valence-electron chi connectivity index (χ2n) is 6.76. The Morgan fingerprint density at radius 1 is 0.969 bits per heavy atom. The molecule has 2 N–H and O–H groups in total. The second kappa shape index (κ2) is 11.4. The van der Waals surface area contributed by atoms with Crippen molar-refractivity contribution in [2.45, 2.75) is 29.4 Å². The van der Waals surface area contributed by atoms with Gasteiger partial charge >= 0.3 is 7.60 Å². The van der Waals surface area contributed by atoms with Crippen molar-refractivity contribution in [2.24, 2.45) is 0 Å². The monoisotopic (exact) mass is 473 g/mol. The largest absolute Gasteiger partial charge is 0.504 e. The lowest BCUT2D eigenvalue weighted by Gasteiger charge is -2.29. The van der Waals surface area contributed by atoms with E-state index in [9.17, 15) is 9.67 Å². The van der Waals surface area contributed by atoms with Gasteiger partial charge in [0.2, 0.25) is 0 Å². The van der Waals surface area contributed by atoms with Crippen LogP contribution in [0.3, 0.4) is 0 Å². The summed E-state index contributed by atoms with van der Waals surface area (Å²) in [5.41, 5.74) is 1.41. The summed E-state index contributed by atoms with van der Waals surface area (Å²) in [5.74, 6) is -0.534. The van der Waals surface area contributed by atoms with Crippen molar-refractivity contribution in [3.8, 4) is 11.5 Å². The number of methoxy groups -OCH3 is 1. The summed E-state index contributed by atoms with van der Waals surface area (Å²) in [6.07, 6.45) is 0. The topological polar surface area (TPSA) is 77.0 Å². The average Bonchev–Trinajstić information content (AvgIpc) is 2.80. The van der Waals surface area contributed by atoms with Crippen LogP contribution in [-0.2, 0) is 13.6 Å². The predicted octanol–water partition coefficient (Wildman–Crippen LogP) is 6.93. The summed E-state index contributed by atoms with van der Waals surface area (Å²) in [7, 11) is -2.15. The van der Waals surface area contributed by atoms with Crippen molar-refractivity contribution in [1.29, 1.82) is 0 Å². The number of nitrogens with one attached hydrogen (secondary N) is 1. The summed E-state index contributed by atoms with van der Waals surface area (Å²) < 4.78 is 30.5. The van der Waals surface area contributed by atoms with Crippen molar-refractivity contribution in [3.63, 3.8) is 0 Å². The van der Waals surface area contributed by atoms with Gasteiger partial charge in [-0.25, -0.2) is 0 Å². The Morgan fingerprint density at radius 2 is 1.62 bits per heavy atom. The van der Waals surface area contributed by atoms with Gasteiger partial charge in [-0.15, -0.1) is 0 Å². The maximum absolute atomic E-state index is 13.9. The molecule has 3 rings (SSSR count). The summed E-state index contributed by atoms with van der Waals surface area (Å²) in [6, 6.07) is 22.7. The first-order valence-electron chi connectivity index (χ1n) is 10.3. The molecule has 0 fully saturated rings. The summed E-state index contributed by atoms with van der Waals surface area (Å²) in [5, 5.41) is 13.4. The molecule has 1 atom stereocenters. The molecule has 0 bridgehead atoms. The molecule has 6 nitrogen and oxygen atoms in total. The van der Waals surface area contributed by atoms with Gasteiger partial charge < -0.3 is 24.2 Å². The molecule has 8 heteroatoms. The van der Waals surface area contributed by atoms with Gasteiger partial charge in [-0.2, -0.15) is 0 Å². The van der Waals surface area contributed by atoms with Crippen molar-refractivity contribution in [2.75, 3.05) is 25.6 Å². The van der Waals surface area contributed by atoms with E-state index in [1.807, 2.05) is 54.6 Å². The molecule has 3 aromatic carbocycles. The lowest BCUT2D eigenvalue weighted by atomic mass is 10.2. The summed E-state index contributed by atoms with van der Waals surface area (Å²) in [4.78, 5) is 2.05. The minimum atomic E-state index is -3.62. The highest BCUT2D eigenvalue weighted by molar-refractivity contribution is 7.99. The lowest BCUT2D eigenvalue weighted by molar-refractivity contribution is 0.214. The van der Waals surface area contributed by atoms with Crippen LogP contribution in [0.5, 0.6) is 11.5 Å². The van der Waals surface area contributed by atoms with E-state index in [0.717, 1.165) is 15.5 Å². The zero-order valence-electron chi connectivity index (χ0n) is 18.4. The van der Waals surface area contributed by atoms with Crippen LogP contribution in [0.4, 0.5) is 5.69 Å². The molecule has 0 saturated carbocycles. The standard InChI is InChI=1S/C24H28NO5PS/c1-4-29-31(27,30-5-2)24(18-15-16-21(26)22(17-18)28-3)25-20-13-9-10-14-23(20)32-19-11-7-6-8-12-19/h6-17,24-26H,4-5H2,1-3H3. The predicted molar refractivity (Wildman–Crippen MR) is 129 cm³/mol. The molecule has 3 aromatic rings. The maximum Gasteiger partial charge on any atom is 0.357 e. The number of anilines is 1. The van der Waals surface area contributed by atoms with E-state index in [-0.39, 0.29) is 24.7 Å². The first-order valence-corrected chi connectivity index (χ1v) is 12.8. The van der Waals surface area contributed by atoms with E-state index in [1.165, 1.54) is 13.2 Å². The molecule has 0 aliphatic rings. The molecule has 0 radical (unpaired) electrons. The highest BCUT2D eigenvalue weighted by atomic mass is 32.2. The minimum Gasteiger partial charge on any atom is -0.504 e. The Hall–Kier alpha value is -2.44. The Balaban J connectivity index is 2.04. The van der Waals surface area contributed by atoms with Crippen molar-refractivity contribution in [3.05, 3.63) is 78.4 Å². The van der Waals surface area contributed by atoms with Crippen LogP contribution >= 0.6 is 19.4 Å². The molecule has 0 heterocycles. The molecule has 0 spiro atoms. The van der Waals surface area contributed by atoms with Gasteiger partial charge in [0.15, 0.2) is 17.3 Å². The molecule has 0 aromatic heterocycles. The first-order chi connectivity index (χ1) is 15.5. The number of para-hydroxylation sites is 1. The Labute approximate surface area is 193 Å². The third-order valence-electron chi connectivity index (χ3n) is 4.60. The Kier molecular flexibility index (Phi) is 8.65. The maximum atomic E-state index is 13.9. The molecule has 170 valence electrons. The molecule has 0 saturated heterocycles. The van der Waals surface area contributed by atoms with Gasteiger partial charge in [0.1, 0.15) is 0 Å². The van der Waals surface area contributed by atoms with E-state index < -0.39 is 13.4 Å². The van der Waals surface area contributed by atoms with Gasteiger partial charge in [0.25, 0.3) is 0 Å². The van der Waals surface area contributed by atoms with Crippen LogP contribution in [0.15, 0.2) is 82.6 Å². The quantitative estimate of drug-likeness (QED) is 0.292. The number of rotatable bonds is 11. The SMILES string of the molecule is CCOP(=O)(OCC)C(Nc1ccccc1Sc1ccccc1)c1ccc(O)c(OC)c1. The number of benzene rings is 3. The molecule has 1 unspecified atom stereocenters. The third-order valence-corrected chi connectivity index (χ3v) is 7.98. The van der Waals surface area contributed by atoms with E-state index in [1.54, 1.807) is 37.7 Å². The van der Waals surface area contributed by atoms with Gasteiger partial charge in [0.05, 0.1) is 20.3 Å². The fourth-order valence-corrected chi connectivity index (χ4v) is 6.04. The molecule has 32 heavy (non-hydrogen) atoms. The van der Waals surface area contributed by atoms with Crippen LogP contribution < -0.4 is 10.1 Å². The second-order valence-corrected chi connectivity index (χ2v) is 9.99. The van der Waals surface area contributed by atoms with E-state index in [4.69, 9.17) is 13.8 Å². The summed E-state index contributed by atoms with van der Waals surface area (Å²) >= 11 is 1.60. The molecule has 0 aliphatic carbocycles. The fourth-order valence-electron chi connectivity index (χ4n) is 3.19. The minimum absolute atomic E-state index is 0.00214. The first kappa shape index (κ1) is 24.2. The Morgan fingerprint density at radius 3 is 2.28 bits per heavy atom. The van der Waals surface area contributed by atoms with Crippen molar-refractivity contribution < 1.29 is 23.5 Å². The van der Waals surface area contributed by atoms with Crippen LogP contribution in [0.1, 0.15) is 25.2 Å². The fraction of sp³-hybridized carbons (Fsp3) is 0.250. The number of phenolic OH excluding ortho intramolecular Hbond substituents is 1. The zero-order chi connectivity index (χ0) is 23.0. The van der Waals surface area contributed by atoms with Gasteiger partial charge in [-0.05, 0) is 55.8 Å². The molecular formula is C24H28NO5PS. The lowest BCUT2D eigenvalue weighted by Crippen LogP contribution is -2.16. The number of phenols is 1. The van der Waals surface area contributed by atoms with Gasteiger partial charge in [-0.3, -0.25) is 4.57 Å². The normalized spacial score (nSPS) is 12.3. The number of hydrogen-bond acceptors (Lipinski definition) is 7. The molecule has 0 amide bonds. The van der Waals surface area contributed by atoms with E-state index in [2.05, 4.69) is 5.32 Å². The van der Waals surface area contributed by atoms with Gasteiger partial charge in [0, 0.05) is 15.5 Å². The average molecular weight is 474 g/mol. The van der Waals surface area contributed by atoms with E-state index >= 15 is 0 Å². The molecular weight excluding hydrogens is 445 g/mol.